The van der Waals surface area contributed by atoms with Crippen molar-refractivity contribution >= 4 is 23.4 Å². The molecule has 0 saturated carbocycles. The number of piperidine rings is 1. The molecule has 1 unspecified atom stereocenters. The predicted octanol–water partition coefficient (Wildman–Crippen LogP) is 2.10. The van der Waals surface area contributed by atoms with Crippen LogP contribution in [0.4, 0.5) is 0 Å². The van der Waals surface area contributed by atoms with E-state index in [1.165, 1.54) is 5.01 Å². The Morgan fingerprint density at radius 2 is 1.74 bits per heavy atom. The Hall–Kier alpha value is -3.56. The normalized spacial score (nSPS) is 20.1. The van der Waals surface area contributed by atoms with E-state index in [0.717, 1.165) is 16.8 Å². The molecule has 1 saturated heterocycles. The van der Waals surface area contributed by atoms with Gasteiger partial charge in [0.05, 0.1) is 24.5 Å². The maximum atomic E-state index is 13.9. The van der Waals surface area contributed by atoms with Crippen molar-refractivity contribution in [3.63, 3.8) is 0 Å². The topological polar surface area (TPSA) is 117 Å². The lowest BCUT2D eigenvalue weighted by atomic mass is 9.73. The standard InChI is InChI=1S/C29H37N5O4/c1-4-34-27(37)29(17-21-11-7-5-8-12-21)20-33(16-15-24(29)32-34)25(35)23(31-26(36)28(2,3)30)19-38-18-22-13-9-6-10-14-22/h5-14,23H,4,15-20,30H2,1-3H3,(H,31,36)/t23-,29?/m1/s1. The molecule has 2 heterocycles. The second kappa shape index (κ2) is 11.4. The largest absolute Gasteiger partial charge is 0.374 e. The van der Waals surface area contributed by atoms with Crippen LogP contribution in [-0.2, 0) is 32.1 Å². The van der Waals surface area contributed by atoms with E-state index in [9.17, 15) is 14.4 Å². The summed E-state index contributed by atoms with van der Waals surface area (Å²) in [6.07, 6.45) is 0.928. The Morgan fingerprint density at radius 3 is 2.34 bits per heavy atom. The molecular formula is C29H37N5O4. The summed E-state index contributed by atoms with van der Waals surface area (Å²) in [7, 11) is 0. The second-order valence-electron chi connectivity index (χ2n) is 10.6. The monoisotopic (exact) mass is 519 g/mol. The van der Waals surface area contributed by atoms with Gasteiger partial charge in [0.1, 0.15) is 11.5 Å². The second-order valence-corrected chi connectivity index (χ2v) is 10.6. The molecule has 0 aliphatic carbocycles. The highest BCUT2D eigenvalue weighted by Gasteiger charge is 2.54. The van der Waals surface area contributed by atoms with Crippen LogP contribution < -0.4 is 11.1 Å². The summed E-state index contributed by atoms with van der Waals surface area (Å²) in [6.45, 7) is 6.39. The van der Waals surface area contributed by atoms with E-state index < -0.39 is 22.9 Å². The minimum atomic E-state index is -1.17. The van der Waals surface area contributed by atoms with E-state index in [-0.39, 0.29) is 25.0 Å². The van der Waals surface area contributed by atoms with Crippen LogP contribution >= 0.6 is 0 Å². The summed E-state index contributed by atoms with van der Waals surface area (Å²) in [4.78, 5) is 41.9. The fraction of sp³-hybridized carbons (Fsp3) is 0.448. The van der Waals surface area contributed by atoms with Gasteiger partial charge in [-0.2, -0.15) is 5.10 Å². The molecule has 2 aliphatic rings. The first-order chi connectivity index (χ1) is 18.1. The Labute approximate surface area is 224 Å². The Balaban J connectivity index is 1.56. The zero-order valence-corrected chi connectivity index (χ0v) is 22.4. The average Bonchev–Trinajstić information content (AvgIpc) is 3.18. The van der Waals surface area contributed by atoms with Crippen LogP contribution in [0.2, 0.25) is 0 Å². The van der Waals surface area contributed by atoms with Gasteiger partial charge in [0.15, 0.2) is 0 Å². The van der Waals surface area contributed by atoms with Gasteiger partial charge in [0.25, 0.3) is 5.91 Å². The van der Waals surface area contributed by atoms with Crippen molar-refractivity contribution in [3.05, 3.63) is 71.8 Å². The SMILES string of the molecule is CCN1N=C2CCN(C(=O)[C@@H](COCc3ccccc3)NC(=O)C(C)(C)N)CC2(Cc2ccccc2)C1=O. The maximum Gasteiger partial charge on any atom is 0.256 e. The fourth-order valence-electron chi connectivity index (χ4n) is 4.94. The van der Waals surface area contributed by atoms with Crippen molar-refractivity contribution in [1.82, 2.24) is 15.2 Å². The molecule has 1 fully saturated rings. The van der Waals surface area contributed by atoms with E-state index in [1.807, 2.05) is 67.6 Å². The van der Waals surface area contributed by atoms with Crippen molar-refractivity contribution in [2.75, 3.05) is 26.2 Å². The number of likely N-dealkylation sites (tertiary alicyclic amines) is 1. The minimum Gasteiger partial charge on any atom is -0.374 e. The highest BCUT2D eigenvalue weighted by atomic mass is 16.5. The third-order valence-electron chi connectivity index (χ3n) is 7.06. The molecule has 3 amide bonds. The molecule has 2 aromatic carbocycles. The number of benzene rings is 2. The number of hydrazone groups is 1. The van der Waals surface area contributed by atoms with Crippen molar-refractivity contribution in [1.29, 1.82) is 0 Å². The Morgan fingerprint density at radius 1 is 1.11 bits per heavy atom. The molecule has 9 nitrogen and oxygen atoms in total. The summed E-state index contributed by atoms with van der Waals surface area (Å²) < 4.78 is 5.87. The lowest BCUT2D eigenvalue weighted by Gasteiger charge is -2.41. The lowest BCUT2D eigenvalue weighted by Crippen LogP contribution is -2.61. The zero-order valence-electron chi connectivity index (χ0n) is 22.4. The van der Waals surface area contributed by atoms with Gasteiger partial charge in [0.2, 0.25) is 11.8 Å². The van der Waals surface area contributed by atoms with E-state index in [4.69, 9.17) is 10.5 Å². The van der Waals surface area contributed by atoms with Gasteiger partial charge in [-0.3, -0.25) is 14.4 Å². The summed E-state index contributed by atoms with van der Waals surface area (Å²) >= 11 is 0. The van der Waals surface area contributed by atoms with Gasteiger partial charge >= 0.3 is 0 Å². The number of fused-ring (bicyclic) bond motifs is 1. The average molecular weight is 520 g/mol. The molecule has 0 aromatic heterocycles. The summed E-state index contributed by atoms with van der Waals surface area (Å²) in [5.74, 6) is -0.850. The van der Waals surface area contributed by atoms with E-state index in [2.05, 4.69) is 10.4 Å². The predicted molar refractivity (Wildman–Crippen MR) is 145 cm³/mol. The summed E-state index contributed by atoms with van der Waals surface area (Å²) in [5, 5.41) is 8.92. The molecule has 9 heteroatoms. The molecule has 2 aromatic rings. The number of hydrogen-bond acceptors (Lipinski definition) is 6. The molecule has 2 aliphatic heterocycles. The molecule has 202 valence electrons. The Kier molecular flexibility index (Phi) is 8.28. The molecular weight excluding hydrogens is 482 g/mol. The fourth-order valence-corrected chi connectivity index (χ4v) is 4.94. The van der Waals surface area contributed by atoms with Crippen LogP contribution in [0.1, 0.15) is 38.3 Å². The third kappa shape index (κ3) is 5.95. The van der Waals surface area contributed by atoms with Gasteiger partial charge in [-0.25, -0.2) is 5.01 Å². The number of nitrogens with one attached hydrogen (secondary N) is 1. The number of amides is 3. The summed E-state index contributed by atoms with van der Waals surface area (Å²) in [6, 6.07) is 18.5. The first-order valence-electron chi connectivity index (χ1n) is 13.1. The van der Waals surface area contributed by atoms with Crippen LogP contribution in [-0.4, -0.2) is 71.2 Å². The van der Waals surface area contributed by atoms with Crippen molar-refractivity contribution in [2.24, 2.45) is 16.3 Å². The van der Waals surface area contributed by atoms with Gasteiger partial charge in [-0.05, 0) is 38.3 Å². The first-order valence-corrected chi connectivity index (χ1v) is 13.1. The van der Waals surface area contributed by atoms with E-state index >= 15 is 0 Å². The molecule has 0 radical (unpaired) electrons. The summed E-state index contributed by atoms with van der Waals surface area (Å²) in [5.41, 5.74) is 6.67. The zero-order chi connectivity index (χ0) is 27.3. The first kappa shape index (κ1) is 27.5. The lowest BCUT2D eigenvalue weighted by molar-refractivity contribution is -0.144. The third-order valence-corrected chi connectivity index (χ3v) is 7.06. The van der Waals surface area contributed by atoms with Gasteiger partial charge < -0.3 is 20.7 Å². The van der Waals surface area contributed by atoms with E-state index in [0.29, 0.717) is 32.5 Å². The molecule has 4 rings (SSSR count). The Bertz CT molecular complexity index is 1180. The quantitative estimate of drug-likeness (QED) is 0.499. The number of carbonyl (C=O) groups is 3. The van der Waals surface area contributed by atoms with Gasteiger partial charge in [-0.15, -0.1) is 0 Å². The number of ether oxygens (including phenoxy) is 1. The number of carbonyl (C=O) groups excluding carboxylic acids is 3. The minimum absolute atomic E-state index is 0.0201. The highest BCUT2D eigenvalue weighted by molar-refractivity contribution is 6.13. The van der Waals surface area contributed by atoms with Crippen LogP contribution in [0.15, 0.2) is 65.8 Å². The van der Waals surface area contributed by atoms with Gasteiger partial charge in [-0.1, -0.05) is 60.7 Å². The molecule has 2 atom stereocenters. The van der Waals surface area contributed by atoms with Gasteiger partial charge in [0, 0.05) is 26.1 Å². The molecule has 0 spiro atoms. The molecule has 38 heavy (non-hydrogen) atoms. The van der Waals surface area contributed by atoms with Crippen LogP contribution in [0.3, 0.4) is 0 Å². The molecule has 0 bridgehead atoms. The van der Waals surface area contributed by atoms with Crippen LogP contribution in [0.5, 0.6) is 0 Å². The number of hydrogen-bond donors (Lipinski definition) is 2. The van der Waals surface area contributed by atoms with Crippen LogP contribution in [0.25, 0.3) is 0 Å². The number of nitrogens with zero attached hydrogens (tertiary/aromatic N) is 3. The number of nitrogens with two attached hydrogens (primary N) is 1. The van der Waals surface area contributed by atoms with Crippen molar-refractivity contribution in [3.8, 4) is 0 Å². The van der Waals surface area contributed by atoms with Crippen molar-refractivity contribution in [2.45, 2.75) is 51.8 Å². The smallest absolute Gasteiger partial charge is 0.256 e. The number of rotatable bonds is 10. The maximum absolute atomic E-state index is 13.9. The van der Waals surface area contributed by atoms with E-state index in [1.54, 1.807) is 18.7 Å². The van der Waals surface area contributed by atoms with Crippen LogP contribution in [0, 0.1) is 5.41 Å². The highest BCUT2D eigenvalue weighted by Crippen LogP contribution is 2.38. The molecule has 3 N–H and O–H groups in total. The van der Waals surface area contributed by atoms with Crippen molar-refractivity contribution < 1.29 is 19.1 Å².